The summed E-state index contributed by atoms with van der Waals surface area (Å²) in [5.41, 5.74) is 3.13. The van der Waals surface area contributed by atoms with Gasteiger partial charge in [0.15, 0.2) is 6.61 Å². The van der Waals surface area contributed by atoms with Gasteiger partial charge in [0.2, 0.25) is 11.8 Å². The molecule has 4 aromatic rings. The van der Waals surface area contributed by atoms with Gasteiger partial charge in [-0.3, -0.25) is 4.90 Å². The Kier molecular flexibility index (Phi) is 8.36. The lowest BCUT2D eigenvalue weighted by molar-refractivity contribution is 0.0383. The van der Waals surface area contributed by atoms with Gasteiger partial charge >= 0.3 is 0 Å². The Hall–Kier alpha value is -4.10. The van der Waals surface area contributed by atoms with Gasteiger partial charge in [-0.2, -0.15) is 5.26 Å². The molecule has 2 aromatic carbocycles. The Balaban J connectivity index is 1.32. The van der Waals surface area contributed by atoms with E-state index in [1.807, 2.05) is 30.3 Å². The van der Waals surface area contributed by atoms with E-state index < -0.39 is 0 Å². The minimum atomic E-state index is -0.352. The Morgan fingerprint density at radius 1 is 1.05 bits per heavy atom. The summed E-state index contributed by atoms with van der Waals surface area (Å²) < 4.78 is 31.3. The molecule has 0 bridgehead atoms. The van der Waals surface area contributed by atoms with E-state index in [-0.39, 0.29) is 18.3 Å². The van der Waals surface area contributed by atoms with Crippen molar-refractivity contribution in [2.75, 3.05) is 39.4 Å². The second-order valence-electron chi connectivity index (χ2n) is 8.83. The van der Waals surface area contributed by atoms with E-state index in [9.17, 15) is 9.65 Å². The van der Waals surface area contributed by atoms with Gasteiger partial charge in [0, 0.05) is 43.5 Å². The third kappa shape index (κ3) is 6.23. The van der Waals surface area contributed by atoms with Crippen molar-refractivity contribution < 1.29 is 18.3 Å². The van der Waals surface area contributed by atoms with Gasteiger partial charge in [-0.05, 0) is 23.8 Å². The highest BCUT2D eigenvalue weighted by molar-refractivity contribution is 5.72. The van der Waals surface area contributed by atoms with Crippen molar-refractivity contribution in [3.8, 4) is 34.3 Å². The minimum absolute atomic E-state index is 0.0317. The fourth-order valence-corrected chi connectivity index (χ4v) is 4.36. The van der Waals surface area contributed by atoms with Crippen LogP contribution in [0.15, 0.2) is 71.3 Å². The van der Waals surface area contributed by atoms with Crippen LogP contribution in [0.1, 0.15) is 17.2 Å². The second kappa shape index (κ2) is 12.4. The molecule has 0 spiro atoms. The fraction of sp³-hybridized carbons (Fsp3) is 0.276. The first-order valence-corrected chi connectivity index (χ1v) is 12.5. The largest absolute Gasteiger partial charge is 0.467 e. The number of nitrogens with zero attached hydrogens (tertiary/aromatic N) is 4. The molecule has 0 aliphatic carbocycles. The van der Waals surface area contributed by atoms with Crippen molar-refractivity contribution in [1.82, 2.24) is 20.2 Å². The van der Waals surface area contributed by atoms with Gasteiger partial charge in [0.25, 0.3) is 0 Å². The average Bonchev–Trinajstić information content (AvgIpc) is 3.38. The van der Waals surface area contributed by atoms with Crippen LogP contribution in [0.5, 0.6) is 5.88 Å². The lowest BCUT2D eigenvalue weighted by Crippen LogP contribution is -2.40. The predicted molar refractivity (Wildman–Crippen MR) is 140 cm³/mol. The first-order chi connectivity index (χ1) is 18.7. The summed E-state index contributed by atoms with van der Waals surface area (Å²) >= 11 is 0. The van der Waals surface area contributed by atoms with Gasteiger partial charge < -0.3 is 19.2 Å². The summed E-state index contributed by atoms with van der Waals surface area (Å²) in [5, 5.41) is 13.2. The van der Waals surface area contributed by atoms with E-state index in [0.29, 0.717) is 35.0 Å². The molecule has 0 unspecified atom stereocenters. The van der Waals surface area contributed by atoms with Crippen molar-refractivity contribution in [2.24, 2.45) is 0 Å². The summed E-state index contributed by atoms with van der Waals surface area (Å²) in [6.45, 7) is 5.40. The second-order valence-corrected chi connectivity index (χ2v) is 8.83. The van der Waals surface area contributed by atoms with Gasteiger partial charge in [-0.15, -0.1) is 0 Å². The highest BCUT2D eigenvalue weighted by Crippen LogP contribution is 2.30. The molecule has 3 heterocycles. The lowest BCUT2D eigenvalue weighted by atomic mass is 10.0. The molecule has 1 N–H and O–H groups in total. The molecule has 5 rings (SSSR count). The molecule has 0 radical (unpaired) electrons. The number of rotatable bonds is 10. The normalized spacial score (nSPS) is 13.8. The number of morpholine rings is 1. The van der Waals surface area contributed by atoms with Crippen LogP contribution in [-0.2, 0) is 17.9 Å². The number of nitriles is 1. The molecular weight excluding hydrogens is 485 g/mol. The first-order valence-electron chi connectivity index (χ1n) is 12.5. The SMILES string of the molecule is N#Cc1c(-c2ccccc2)ccnc1OCc1nc(-c2cccc(F)c2)c(CNCCN2CCOCC2)o1. The maximum absolute atomic E-state index is 14.0. The van der Waals surface area contributed by atoms with Gasteiger partial charge in [0.1, 0.15) is 28.9 Å². The van der Waals surface area contributed by atoms with Crippen molar-refractivity contribution in [1.29, 1.82) is 5.26 Å². The number of hydrogen-bond acceptors (Lipinski definition) is 8. The number of aromatic nitrogens is 2. The van der Waals surface area contributed by atoms with E-state index >= 15 is 0 Å². The van der Waals surface area contributed by atoms with E-state index in [4.69, 9.17) is 13.9 Å². The Morgan fingerprint density at radius 2 is 1.87 bits per heavy atom. The number of halogens is 1. The third-order valence-corrected chi connectivity index (χ3v) is 6.28. The average molecular weight is 514 g/mol. The predicted octanol–water partition coefficient (Wildman–Crippen LogP) is 4.42. The fourth-order valence-electron chi connectivity index (χ4n) is 4.36. The third-order valence-electron chi connectivity index (χ3n) is 6.28. The quantitative estimate of drug-likeness (QED) is 0.312. The molecule has 0 saturated carbocycles. The maximum Gasteiger partial charge on any atom is 0.233 e. The van der Waals surface area contributed by atoms with Crippen molar-refractivity contribution in [3.63, 3.8) is 0 Å². The van der Waals surface area contributed by atoms with Gasteiger partial charge in [-0.25, -0.2) is 14.4 Å². The number of ether oxygens (including phenoxy) is 2. The number of benzene rings is 2. The molecule has 8 nitrogen and oxygen atoms in total. The summed E-state index contributed by atoms with van der Waals surface area (Å²) in [7, 11) is 0. The summed E-state index contributed by atoms with van der Waals surface area (Å²) in [6.07, 6.45) is 1.61. The number of oxazole rings is 1. The smallest absolute Gasteiger partial charge is 0.233 e. The van der Waals surface area contributed by atoms with E-state index in [1.165, 1.54) is 12.1 Å². The van der Waals surface area contributed by atoms with E-state index in [1.54, 1.807) is 24.4 Å². The van der Waals surface area contributed by atoms with Crippen LogP contribution in [0.3, 0.4) is 0 Å². The Morgan fingerprint density at radius 3 is 2.66 bits per heavy atom. The van der Waals surface area contributed by atoms with Crippen LogP contribution in [0, 0.1) is 17.1 Å². The highest BCUT2D eigenvalue weighted by atomic mass is 19.1. The zero-order chi connectivity index (χ0) is 26.2. The van der Waals surface area contributed by atoms with Crippen LogP contribution >= 0.6 is 0 Å². The molecule has 1 aliphatic heterocycles. The molecule has 0 amide bonds. The van der Waals surface area contributed by atoms with E-state index in [2.05, 4.69) is 26.3 Å². The monoisotopic (exact) mass is 513 g/mol. The molecule has 0 atom stereocenters. The Labute approximate surface area is 220 Å². The zero-order valence-electron chi connectivity index (χ0n) is 20.9. The van der Waals surface area contributed by atoms with Gasteiger partial charge in [0.05, 0.1) is 19.8 Å². The van der Waals surface area contributed by atoms with Crippen LogP contribution in [-0.4, -0.2) is 54.3 Å². The number of hydrogen-bond donors (Lipinski definition) is 1. The van der Waals surface area contributed by atoms with Crippen LogP contribution < -0.4 is 10.1 Å². The van der Waals surface area contributed by atoms with Crippen molar-refractivity contribution in [3.05, 3.63) is 89.9 Å². The highest BCUT2D eigenvalue weighted by Gasteiger charge is 2.18. The Bertz CT molecular complexity index is 1400. The van der Waals surface area contributed by atoms with Crippen LogP contribution in [0.2, 0.25) is 0 Å². The summed E-state index contributed by atoms with van der Waals surface area (Å²) in [6, 6.07) is 19.8. The molecular formula is C29H28FN5O3. The topological polar surface area (TPSA) is 96.4 Å². The standard InChI is InChI=1S/C29H28FN5O3/c30-23-8-4-7-22(17-23)28-26(19-32-11-12-35-13-15-36-16-14-35)38-27(34-28)20-37-29-25(18-31)24(9-10-33-29)21-5-2-1-3-6-21/h1-10,17,32H,11-16,19-20H2. The molecule has 194 valence electrons. The molecule has 1 fully saturated rings. The number of pyridine rings is 1. The van der Waals surface area contributed by atoms with E-state index in [0.717, 1.165) is 50.5 Å². The first kappa shape index (κ1) is 25.5. The van der Waals surface area contributed by atoms with Crippen molar-refractivity contribution >= 4 is 0 Å². The molecule has 1 saturated heterocycles. The van der Waals surface area contributed by atoms with Gasteiger partial charge in [-0.1, -0.05) is 42.5 Å². The summed E-state index contributed by atoms with van der Waals surface area (Å²) in [5.74, 6) is 0.743. The lowest BCUT2D eigenvalue weighted by Gasteiger charge is -2.26. The molecule has 1 aliphatic rings. The summed E-state index contributed by atoms with van der Waals surface area (Å²) in [4.78, 5) is 11.2. The molecule has 2 aromatic heterocycles. The zero-order valence-corrected chi connectivity index (χ0v) is 20.9. The van der Waals surface area contributed by atoms with Crippen molar-refractivity contribution in [2.45, 2.75) is 13.2 Å². The maximum atomic E-state index is 14.0. The number of nitrogens with one attached hydrogen (secondary N) is 1. The minimum Gasteiger partial charge on any atom is -0.467 e. The molecule has 9 heteroatoms. The van der Waals surface area contributed by atoms with Crippen LogP contribution in [0.4, 0.5) is 4.39 Å². The molecule has 38 heavy (non-hydrogen) atoms. The van der Waals surface area contributed by atoms with Crippen LogP contribution in [0.25, 0.3) is 22.4 Å².